The van der Waals surface area contributed by atoms with Crippen LogP contribution in [0.5, 0.6) is 0 Å². The third kappa shape index (κ3) is 2.56. The van der Waals surface area contributed by atoms with E-state index in [9.17, 15) is 4.79 Å². The summed E-state index contributed by atoms with van der Waals surface area (Å²) in [6.45, 7) is 2.89. The van der Waals surface area contributed by atoms with Crippen molar-refractivity contribution >= 4 is 23.3 Å². The van der Waals surface area contributed by atoms with Crippen LogP contribution in [0.15, 0.2) is 12.1 Å². The van der Waals surface area contributed by atoms with Gasteiger partial charge in [-0.15, -0.1) is 10.2 Å². The van der Waals surface area contributed by atoms with E-state index < -0.39 is 5.54 Å². The Morgan fingerprint density at radius 2 is 2.41 bits per heavy atom. The lowest BCUT2D eigenvalue weighted by atomic mass is 9.93. The lowest BCUT2D eigenvalue weighted by Gasteiger charge is -2.26. The van der Waals surface area contributed by atoms with Crippen LogP contribution >= 0.6 is 11.6 Å². The van der Waals surface area contributed by atoms with Crippen LogP contribution in [-0.2, 0) is 4.79 Å². The first-order chi connectivity index (χ1) is 8.16. The number of hydrogen-bond acceptors (Lipinski definition) is 4. The molecule has 0 saturated carbocycles. The summed E-state index contributed by atoms with van der Waals surface area (Å²) in [6.07, 6.45) is 2.64. The Balaban J connectivity index is 2.08. The number of anilines is 1. The van der Waals surface area contributed by atoms with Gasteiger partial charge in [0.1, 0.15) is 0 Å². The number of rotatable bonds is 3. The predicted octanol–water partition coefficient (Wildman–Crippen LogP) is 1.60. The van der Waals surface area contributed by atoms with Crippen LogP contribution in [0.2, 0.25) is 5.15 Å². The Hall–Kier alpha value is -1.20. The smallest absolute Gasteiger partial charge is 0.245 e. The van der Waals surface area contributed by atoms with Crippen molar-refractivity contribution in [1.82, 2.24) is 15.5 Å². The van der Waals surface area contributed by atoms with E-state index in [0.29, 0.717) is 11.0 Å². The van der Waals surface area contributed by atoms with Gasteiger partial charge in [0.05, 0.1) is 5.54 Å². The van der Waals surface area contributed by atoms with Crippen LogP contribution in [0.3, 0.4) is 0 Å². The standard InChI is InChI=1S/C11H15ClN4O/c1-2-11(6-3-7-13-11)10(17)14-9-5-4-8(12)15-16-9/h4-5,13H,2-3,6-7H2,1H3,(H,14,16,17). The second kappa shape index (κ2) is 4.98. The quantitative estimate of drug-likeness (QED) is 0.860. The third-order valence-corrected chi connectivity index (χ3v) is 3.36. The van der Waals surface area contributed by atoms with Crippen LogP contribution in [0.25, 0.3) is 0 Å². The van der Waals surface area contributed by atoms with Crippen LogP contribution in [0, 0.1) is 0 Å². The molecule has 1 aliphatic rings. The highest BCUT2D eigenvalue weighted by Gasteiger charge is 2.39. The first kappa shape index (κ1) is 12.3. The summed E-state index contributed by atoms with van der Waals surface area (Å²) < 4.78 is 0. The Kier molecular flexibility index (Phi) is 3.59. The third-order valence-electron chi connectivity index (χ3n) is 3.16. The van der Waals surface area contributed by atoms with Crippen LogP contribution in [0.1, 0.15) is 26.2 Å². The Labute approximate surface area is 105 Å². The highest BCUT2D eigenvalue weighted by atomic mass is 35.5. The monoisotopic (exact) mass is 254 g/mol. The van der Waals surface area contributed by atoms with Crippen LogP contribution in [0.4, 0.5) is 5.82 Å². The molecule has 2 N–H and O–H groups in total. The minimum absolute atomic E-state index is 0.0471. The van der Waals surface area contributed by atoms with E-state index >= 15 is 0 Å². The molecule has 1 saturated heterocycles. The first-order valence-corrected chi connectivity index (χ1v) is 6.10. The first-order valence-electron chi connectivity index (χ1n) is 5.72. The molecule has 1 fully saturated rings. The van der Waals surface area contributed by atoms with Gasteiger partial charge in [-0.1, -0.05) is 18.5 Å². The number of nitrogens with zero attached hydrogens (tertiary/aromatic N) is 2. The average Bonchev–Trinajstić information content (AvgIpc) is 2.82. The maximum atomic E-state index is 12.2. The molecule has 2 rings (SSSR count). The molecule has 92 valence electrons. The Morgan fingerprint density at radius 3 is 2.94 bits per heavy atom. The van der Waals surface area contributed by atoms with Gasteiger partial charge in [-0.05, 0) is 37.9 Å². The molecule has 0 spiro atoms. The highest BCUT2D eigenvalue weighted by molar-refractivity contribution is 6.29. The van der Waals surface area contributed by atoms with Gasteiger partial charge >= 0.3 is 0 Å². The zero-order valence-electron chi connectivity index (χ0n) is 9.66. The van der Waals surface area contributed by atoms with Gasteiger partial charge in [0, 0.05) is 0 Å². The number of hydrogen-bond donors (Lipinski definition) is 2. The van der Waals surface area contributed by atoms with Crippen LogP contribution in [-0.4, -0.2) is 28.2 Å². The molecule has 0 aromatic carbocycles. The molecule has 1 unspecified atom stereocenters. The topological polar surface area (TPSA) is 66.9 Å². The molecule has 1 aromatic rings. The van der Waals surface area contributed by atoms with E-state index in [1.54, 1.807) is 12.1 Å². The fourth-order valence-corrected chi connectivity index (χ4v) is 2.18. The molecule has 5 nitrogen and oxygen atoms in total. The molecule has 1 atom stereocenters. The second-order valence-corrected chi connectivity index (χ2v) is 4.55. The number of carbonyl (C=O) groups excluding carboxylic acids is 1. The molecule has 2 heterocycles. The SMILES string of the molecule is CCC1(C(=O)Nc2ccc(Cl)nn2)CCCN1. The number of aromatic nitrogens is 2. The largest absolute Gasteiger partial charge is 0.308 e. The lowest BCUT2D eigenvalue weighted by Crippen LogP contribution is -2.50. The molecule has 6 heteroatoms. The van der Waals surface area contributed by atoms with Gasteiger partial charge in [0.15, 0.2) is 11.0 Å². The Bertz CT molecular complexity index is 400. The summed E-state index contributed by atoms with van der Waals surface area (Å²) in [5.74, 6) is 0.384. The minimum Gasteiger partial charge on any atom is -0.308 e. The summed E-state index contributed by atoms with van der Waals surface area (Å²) in [7, 11) is 0. The van der Waals surface area contributed by atoms with E-state index in [1.165, 1.54) is 0 Å². The summed E-state index contributed by atoms with van der Waals surface area (Å²) in [4.78, 5) is 12.2. The van der Waals surface area contributed by atoms with Gasteiger partial charge in [-0.3, -0.25) is 4.79 Å². The van der Waals surface area contributed by atoms with Crippen molar-refractivity contribution in [3.63, 3.8) is 0 Å². The molecular formula is C11H15ClN4O. The van der Waals surface area contributed by atoms with Crippen molar-refractivity contribution in [3.8, 4) is 0 Å². The fourth-order valence-electron chi connectivity index (χ4n) is 2.08. The Morgan fingerprint density at radius 1 is 1.59 bits per heavy atom. The minimum atomic E-state index is -0.457. The maximum Gasteiger partial charge on any atom is 0.245 e. The highest BCUT2D eigenvalue weighted by Crippen LogP contribution is 2.24. The lowest BCUT2D eigenvalue weighted by molar-refractivity contribution is -0.122. The molecule has 1 aliphatic heterocycles. The second-order valence-electron chi connectivity index (χ2n) is 4.16. The normalized spacial score (nSPS) is 23.6. The van der Waals surface area contributed by atoms with Crippen molar-refractivity contribution in [2.75, 3.05) is 11.9 Å². The van der Waals surface area contributed by atoms with Crippen molar-refractivity contribution in [2.24, 2.45) is 0 Å². The zero-order chi connectivity index (χ0) is 12.3. The molecule has 0 aliphatic carbocycles. The van der Waals surface area contributed by atoms with E-state index in [2.05, 4.69) is 20.8 Å². The fraction of sp³-hybridized carbons (Fsp3) is 0.545. The van der Waals surface area contributed by atoms with Crippen molar-refractivity contribution in [3.05, 3.63) is 17.3 Å². The van der Waals surface area contributed by atoms with E-state index in [4.69, 9.17) is 11.6 Å². The van der Waals surface area contributed by atoms with Gasteiger partial charge < -0.3 is 10.6 Å². The molecular weight excluding hydrogens is 240 g/mol. The van der Waals surface area contributed by atoms with Crippen molar-refractivity contribution in [1.29, 1.82) is 0 Å². The van der Waals surface area contributed by atoms with Crippen molar-refractivity contribution < 1.29 is 4.79 Å². The van der Waals surface area contributed by atoms with E-state index in [0.717, 1.165) is 25.8 Å². The predicted molar refractivity (Wildman–Crippen MR) is 65.9 cm³/mol. The molecule has 0 bridgehead atoms. The van der Waals surface area contributed by atoms with Crippen LogP contribution < -0.4 is 10.6 Å². The molecule has 17 heavy (non-hydrogen) atoms. The number of amides is 1. The maximum absolute atomic E-state index is 12.2. The number of nitrogens with one attached hydrogen (secondary N) is 2. The summed E-state index contributed by atoms with van der Waals surface area (Å²) in [6, 6.07) is 3.25. The van der Waals surface area contributed by atoms with Gasteiger partial charge in [-0.2, -0.15) is 0 Å². The van der Waals surface area contributed by atoms with Gasteiger partial charge in [0.25, 0.3) is 0 Å². The molecule has 1 amide bonds. The zero-order valence-corrected chi connectivity index (χ0v) is 10.4. The summed E-state index contributed by atoms with van der Waals surface area (Å²) in [5, 5.41) is 13.8. The van der Waals surface area contributed by atoms with Gasteiger partial charge in [-0.25, -0.2) is 0 Å². The average molecular weight is 255 g/mol. The van der Waals surface area contributed by atoms with E-state index in [1.807, 2.05) is 6.92 Å². The van der Waals surface area contributed by atoms with Crippen molar-refractivity contribution in [2.45, 2.75) is 31.7 Å². The summed E-state index contributed by atoms with van der Waals surface area (Å²) in [5.41, 5.74) is -0.457. The molecule has 1 aromatic heterocycles. The summed E-state index contributed by atoms with van der Waals surface area (Å²) >= 11 is 5.63. The number of halogens is 1. The number of carbonyl (C=O) groups is 1. The molecule has 0 radical (unpaired) electrons. The van der Waals surface area contributed by atoms with Gasteiger partial charge in [0.2, 0.25) is 5.91 Å². The van der Waals surface area contributed by atoms with E-state index in [-0.39, 0.29) is 5.91 Å².